The third kappa shape index (κ3) is 3.03. The molecule has 1 atom stereocenters. The molecule has 0 radical (unpaired) electrons. The van der Waals surface area contributed by atoms with E-state index >= 15 is 0 Å². The van der Waals surface area contributed by atoms with E-state index < -0.39 is 6.04 Å². The molecule has 2 N–H and O–H groups in total. The Labute approximate surface area is 95.0 Å². The molecule has 0 aliphatic carbocycles. The smallest absolute Gasteiger partial charge is 0.243 e. The van der Waals surface area contributed by atoms with Crippen LogP contribution in [0.5, 0.6) is 0 Å². The van der Waals surface area contributed by atoms with Gasteiger partial charge in [0.25, 0.3) is 0 Å². The molecular formula is C12H17FN2O. The fraction of sp³-hybridized carbons (Fsp3) is 0.417. The quantitative estimate of drug-likeness (QED) is 0.849. The molecule has 0 unspecified atom stereocenters. The van der Waals surface area contributed by atoms with E-state index in [1.165, 1.54) is 17.0 Å². The maximum atomic E-state index is 13.0. The van der Waals surface area contributed by atoms with Gasteiger partial charge in [0.1, 0.15) is 5.82 Å². The standard InChI is InChI=1S/C12H17FN2O/c1-3-5-11(14)12(16)15(2)10-7-4-6-9(13)8-10/h4,6-8,11H,3,5,14H2,1-2H3/t11-/m0/s1. The monoisotopic (exact) mass is 224 g/mol. The fourth-order valence-corrected chi connectivity index (χ4v) is 1.50. The molecule has 0 aliphatic rings. The average Bonchev–Trinajstić information content (AvgIpc) is 2.27. The number of benzene rings is 1. The van der Waals surface area contributed by atoms with Crippen LogP contribution in [0.15, 0.2) is 24.3 Å². The Hall–Kier alpha value is -1.42. The van der Waals surface area contributed by atoms with Crippen molar-refractivity contribution in [1.29, 1.82) is 0 Å². The number of likely N-dealkylation sites (N-methyl/N-ethyl adjacent to an activating group) is 1. The van der Waals surface area contributed by atoms with Crippen LogP contribution >= 0.6 is 0 Å². The predicted octanol–water partition coefficient (Wildman–Crippen LogP) is 1.92. The summed E-state index contributed by atoms with van der Waals surface area (Å²) in [5, 5.41) is 0. The van der Waals surface area contributed by atoms with Gasteiger partial charge in [0.15, 0.2) is 0 Å². The Morgan fingerprint density at radius 2 is 2.25 bits per heavy atom. The van der Waals surface area contributed by atoms with Gasteiger partial charge in [-0.2, -0.15) is 0 Å². The minimum absolute atomic E-state index is 0.188. The van der Waals surface area contributed by atoms with Crippen LogP contribution in [0.2, 0.25) is 0 Å². The molecule has 0 fully saturated rings. The summed E-state index contributed by atoms with van der Waals surface area (Å²) in [7, 11) is 1.60. The highest BCUT2D eigenvalue weighted by atomic mass is 19.1. The van der Waals surface area contributed by atoms with Crippen LogP contribution in [0, 0.1) is 5.82 Å². The number of hydrogen-bond donors (Lipinski definition) is 1. The van der Waals surface area contributed by atoms with Crippen LogP contribution < -0.4 is 10.6 Å². The molecule has 16 heavy (non-hydrogen) atoms. The van der Waals surface area contributed by atoms with Crippen LogP contribution in [-0.2, 0) is 4.79 Å². The summed E-state index contributed by atoms with van der Waals surface area (Å²) in [6.45, 7) is 1.97. The lowest BCUT2D eigenvalue weighted by atomic mass is 10.1. The maximum Gasteiger partial charge on any atom is 0.243 e. The summed E-state index contributed by atoms with van der Waals surface area (Å²) >= 11 is 0. The maximum absolute atomic E-state index is 13.0. The van der Waals surface area contributed by atoms with E-state index in [2.05, 4.69) is 0 Å². The highest BCUT2D eigenvalue weighted by molar-refractivity contribution is 5.96. The highest BCUT2D eigenvalue weighted by Gasteiger charge is 2.18. The van der Waals surface area contributed by atoms with Gasteiger partial charge in [-0.15, -0.1) is 0 Å². The second-order valence-corrected chi connectivity index (χ2v) is 3.77. The Kier molecular flexibility index (Phi) is 4.43. The third-order valence-electron chi connectivity index (χ3n) is 2.44. The first-order valence-electron chi connectivity index (χ1n) is 5.35. The Balaban J connectivity index is 2.77. The summed E-state index contributed by atoms with van der Waals surface area (Å²) in [5.74, 6) is -0.548. The first-order chi connectivity index (χ1) is 7.56. The number of hydrogen-bond acceptors (Lipinski definition) is 2. The molecular weight excluding hydrogens is 207 g/mol. The number of carbonyl (C=O) groups excluding carboxylic acids is 1. The lowest BCUT2D eigenvalue weighted by molar-refractivity contribution is -0.119. The number of nitrogens with zero attached hydrogens (tertiary/aromatic N) is 1. The highest BCUT2D eigenvalue weighted by Crippen LogP contribution is 2.15. The van der Waals surface area contributed by atoms with Crippen LogP contribution in [0.25, 0.3) is 0 Å². The van der Waals surface area contributed by atoms with E-state index in [9.17, 15) is 9.18 Å². The molecule has 1 amide bonds. The largest absolute Gasteiger partial charge is 0.320 e. The summed E-state index contributed by atoms with van der Waals surface area (Å²) in [5.41, 5.74) is 6.24. The fourth-order valence-electron chi connectivity index (χ4n) is 1.50. The molecule has 1 aromatic rings. The molecule has 1 rings (SSSR count). The molecule has 0 saturated heterocycles. The van der Waals surface area contributed by atoms with Gasteiger partial charge in [-0.25, -0.2) is 4.39 Å². The zero-order valence-electron chi connectivity index (χ0n) is 9.61. The first kappa shape index (κ1) is 12.6. The predicted molar refractivity (Wildman–Crippen MR) is 62.7 cm³/mol. The molecule has 1 aromatic carbocycles. The van der Waals surface area contributed by atoms with E-state index in [1.807, 2.05) is 6.92 Å². The Morgan fingerprint density at radius 3 is 2.81 bits per heavy atom. The Bertz CT molecular complexity index is 368. The number of anilines is 1. The molecule has 0 aromatic heterocycles. The zero-order valence-corrected chi connectivity index (χ0v) is 9.61. The number of rotatable bonds is 4. The van der Waals surface area contributed by atoms with Gasteiger partial charge in [0.2, 0.25) is 5.91 Å². The second-order valence-electron chi connectivity index (χ2n) is 3.77. The van der Waals surface area contributed by atoms with Gasteiger partial charge in [0.05, 0.1) is 6.04 Å². The number of carbonyl (C=O) groups is 1. The van der Waals surface area contributed by atoms with Gasteiger partial charge in [-0.05, 0) is 24.6 Å². The lowest BCUT2D eigenvalue weighted by Crippen LogP contribution is -2.41. The Morgan fingerprint density at radius 1 is 1.56 bits per heavy atom. The first-order valence-corrected chi connectivity index (χ1v) is 5.35. The van der Waals surface area contributed by atoms with Crippen molar-refractivity contribution < 1.29 is 9.18 Å². The van der Waals surface area contributed by atoms with Crippen molar-refractivity contribution in [2.45, 2.75) is 25.8 Å². The van der Waals surface area contributed by atoms with Gasteiger partial charge < -0.3 is 10.6 Å². The van der Waals surface area contributed by atoms with Crippen molar-refractivity contribution in [3.63, 3.8) is 0 Å². The minimum Gasteiger partial charge on any atom is -0.320 e. The van der Waals surface area contributed by atoms with E-state index in [1.54, 1.807) is 19.2 Å². The summed E-state index contributed by atoms with van der Waals surface area (Å²) in [4.78, 5) is 13.2. The van der Waals surface area contributed by atoms with Crippen molar-refractivity contribution in [2.24, 2.45) is 5.73 Å². The van der Waals surface area contributed by atoms with E-state index in [-0.39, 0.29) is 11.7 Å². The zero-order chi connectivity index (χ0) is 12.1. The van der Waals surface area contributed by atoms with Gasteiger partial charge in [0, 0.05) is 12.7 Å². The van der Waals surface area contributed by atoms with Crippen molar-refractivity contribution in [2.75, 3.05) is 11.9 Å². The topological polar surface area (TPSA) is 46.3 Å². The molecule has 0 saturated carbocycles. The SMILES string of the molecule is CCC[C@H](N)C(=O)N(C)c1cccc(F)c1. The van der Waals surface area contributed by atoms with Crippen LogP contribution in [0.1, 0.15) is 19.8 Å². The minimum atomic E-state index is -0.515. The summed E-state index contributed by atoms with van der Waals surface area (Å²) in [6, 6.07) is 5.39. The van der Waals surface area contributed by atoms with Crippen molar-refractivity contribution >= 4 is 11.6 Å². The van der Waals surface area contributed by atoms with E-state index in [0.29, 0.717) is 12.1 Å². The molecule has 0 aliphatic heterocycles. The lowest BCUT2D eigenvalue weighted by Gasteiger charge is -2.21. The summed E-state index contributed by atoms with van der Waals surface area (Å²) in [6.07, 6.45) is 1.49. The number of halogens is 1. The average molecular weight is 224 g/mol. The van der Waals surface area contributed by atoms with E-state index in [0.717, 1.165) is 6.42 Å². The van der Waals surface area contributed by atoms with Crippen molar-refractivity contribution in [3.05, 3.63) is 30.1 Å². The van der Waals surface area contributed by atoms with Crippen LogP contribution in [0.4, 0.5) is 10.1 Å². The third-order valence-corrected chi connectivity index (χ3v) is 2.44. The van der Waals surface area contributed by atoms with Crippen LogP contribution in [-0.4, -0.2) is 19.0 Å². The van der Waals surface area contributed by atoms with E-state index in [4.69, 9.17) is 5.73 Å². The molecule has 3 nitrogen and oxygen atoms in total. The molecule has 0 heterocycles. The normalized spacial score (nSPS) is 12.2. The summed E-state index contributed by atoms with van der Waals surface area (Å²) < 4.78 is 13.0. The number of nitrogens with two attached hydrogens (primary N) is 1. The van der Waals surface area contributed by atoms with Gasteiger partial charge >= 0.3 is 0 Å². The second kappa shape index (κ2) is 5.61. The number of amides is 1. The van der Waals surface area contributed by atoms with Crippen molar-refractivity contribution in [3.8, 4) is 0 Å². The molecule has 0 spiro atoms. The van der Waals surface area contributed by atoms with Crippen LogP contribution in [0.3, 0.4) is 0 Å². The molecule has 4 heteroatoms. The molecule has 0 bridgehead atoms. The van der Waals surface area contributed by atoms with Crippen molar-refractivity contribution in [1.82, 2.24) is 0 Å². The van der Waals surface area contributed by atoms with Gasteiger partial charge in [-0.3, -0.25) is 4.79 Å². The van der Waals surface area contributed by atoms with Gasteiger partial charge in [-0.1, -0.05) is 19.4 Å². The molecule has 88 valence electrons.